The molecule has 2 rings (SSSR count). The Kier molecular flexibility index (Phi) is 7.39. The Bertz CT molecular complexity index is 645. The molecule has 0 aliphatic heterocycles. The highest BCUT2D eigenvalue weighted by Gasteiger charge is 2.13. The van der Waals surface area contributed by atoms with Gasteiger partial charge in [-0.15, -0.1) is 10.2 Å². The molecule has 4 nitrogen and oxygen atoms in total. The van der Waals surface area contributed by atoms with Gasteiger partial charge in [-0.1, -0.05) is 66.0 Å². The molecule has 1 amide bonds. The second kappa shape index (κ2) is 9.30. The van der Waals surface area contributed by atoms with Crippen LogP contribution in [0, 0.1) is 6.92 Å². The average Bonchev–Trinajstić information content (AvgIpc) is 2.99. The first-order chi connectivity index (χ1) is 11.1. The van der Waals surface area contributed by atoms with Crippen molar-refractivity contribution in [1.29, 1.82) is 0 Å². The number of aromatic nitrogens is 2. The van der Waals surface area contributed by atoms with Crippen LogP contribution >= 0.6 is 34.9 Å². The van der Waals surface area contributed by atoms with Crippen molar-refractivity contribution in [2.45, 2.75) is 41.9 Å². The topological polar surface area (TPSA) is 54.9 Å². The van der Waals surface area contributed by atoms with Gasteiger partial charge in [0, 0.05) is 5.75 Å². The van der Waals surface area contributed by atoms with Gasteiger partial charge in [0.15, 0.2) is 8.68 Å². The van der Waals surface area contributed by atoms with E-state index in [1.807, 2.05) is 19.1 Å². The lowest BCUT2D eigenvalue weighted by Gasteiger charge is -2.16. The van der Waals surface area contributed by atoms with Crippen LogP contribution in [0.5, 0.6) is 0 Å². The molecule has 0 radical (unpaired) electrons. The smallest absolute Gasteiger partial charge is 0.230 e. The molecule has 1 atom stereocenters. The summed E-state index contributed by atoms with van der Waals surface area (Å²) in [6.45, 7) is 6.21. The van der Waals surface area contributed by atoms with Gasteiger partial charge in [-0.3, -0.25) is 4.79 Å². The van der Waals surface area contributed by atoms with E-state index < -0.39 is 0 Å². The van der Waals surface area contributed by atoms with Crippen LogP contribution in [-0.2, 0) is 4.79 Å². The van der Waals surface area contributed by atoms with Gasteiger partial charge in [0.05, 0.1) is 11.8 Å². The van der Waals surface area contributed by atoms with Crippen molar-refractivity contribution in [2.75, 3.05) is 11.5 Å². The normalized spacial score (nSPS) is 12.1. The number of aryl methyl sites for hydroxylation is 1. The number of rotatable bonds is 8. The first-order valence-electron chi connectivity index (χ1n) is 7.54. The van der Waals surface area contributed by atoms with Gasteiger partial charge >= 0.3 is 0 Å². The summed E-state index contributed by atoms with van der Waals surface area (Å²) in [5, 5.41) is 11.3. The average molecular weight is 368 g/mol. The van der Waals surface area contributed by atoms with Crippen LogP contribution in [0.1, 0.15) is 37.4 Å². The largest absolute Gasteiger partial charge is 0.349 e. The van der Waals surface area contributed by atoms with Crippen molar-refractivity contribution in [3.05, 3.63) is 35.4 Å². The van der Waals surface area contributed by atoms with Gasteiger partial charge in [0.2, 0.25) is 5.91 Å². The van der Waals surface area contributed by atoms with E-state index in [4.69, 9.17) is 0 Å². The number of nitrogens with zero attached hydrogens (tertiary/aromatic N) is 2. The van der Waals surface area contributed by atoms with Crippen molar-refractivity contribution in [1.82, 2.24) is 15.5 Å². The molecular weight excluding hydrogens is 346 g/mol. The maximum Gasteiger partial charge on any atom is 0.230 e. The Labute approximate surface area is 149 Å². The molecule has 124 valence electrons. The maximum absolute atomic E-state index is 12.1. The van der Waals surface area contributed by atoms with Crippen LogP contribution in [0.2, 0.25) is 0 Å². The molecule has 0 saturated heterocycles. The monoisotopic (exact) mass is 367 g/mol. The predicted molar refractivity (Wildman–Crippen MR) is 99.4 cm³/mol. The van der Waals surface area contributed by atoms with E-state index in [0.29, 0.717) is 5.75 Å². The second-order valence-electron chi connectivity index (χ2n) is 5.12. The molecule has 0 saturated carbocycles. The minimum absolute atomic E-state index is 0.00870. The minimum atomic E-state index is 0.00870. The molecule has 1 aromatic heterocycles. The van der Waals surface area contributed by atoms with Gasteiger partial charge in [0.1, 0.15) is 0 Å². The lowest BCUT2D eigenvalue weighted by molar-refractivity contribution is -0.119. The Morgan fingerprint density at radius 2 is 1.96 bits per heavy atom. The SMILES string of the molecule is CCCSc1nnc(SCC(=O)N[C@@H](C)c2ccccc2C)s1. The predicted octanol–water partition coefficient (Wildman–Crippen LogP) is 4.32. The summed E-state index contributed by atoms with van der Waals surface area (Å²) in [4.78, 5) is 12.1. The molecule has 1 aromatic carbocycles. The minimum Gasteiger partial charge on any atom is -0.349 e. The van der Waals surface area contributed by atoms with Crippen LogP contribution in [0.15, 0.2) is 32.9 Å². The number of thioether (sulfide) groups is 2. The molecular formula is C16H21N3OS3. The number of carbonyl (C=O) groups is 1. The summed E-state index contributed by atoms with van der Waals surface area (Å²) in [5.41, 5.74) is 2.34. The highest BCUT2D eigenvalue weighted by Crippen LogP contribution is 2.29. The highest BCUT2D eigenvalue weighted by atomic mass is 32.2. The molecule has 7 heteroatoms. The number of benzene rings is 1. The number of nitrogens with one attached hydrogen (secondary N) is 1. The van der Waals surface area contributed by atoms with Crippen LogP contribution in [0.4, 0.5) is 0 Å². The molecule has 0 unspecified atom stereocenters. The van der Waals surface area contributed by atoms with Crippen LogP contribution < -0.4 is 5.32 Å². The fourth-order valence-electron chi connectivity index (χ4n) is 2.06. The van der Waals surface area contributed by atoms with Crippen molar-refractivity contribution in [3.63, 3.8) is 0 Å². The zero-order valence-corrected chi connectivity index (χ0v) is 16.0. The summed E-state index contributed by atoms with van der Waals surface area (Å²) in [6, 6.07) is 8.12. The van der Waals surface area contributed by atoms with Gasteiger partial charge in [0.25, 0.3) is 0 Å². The number of hydrogen-bond acceptors (Lipinski definition) is 6. The molecule has 1 heterocycles. The van der Waals surface area contributed by atoms with E-state index in [0.717, 1.165) is 26.4 Å². The Hall–Kier alpha value is -1.05. The third kappa shape index (κ3) is 5.82. The van der Waals surface area contributed by atoms with E-state index in [9.17, 15) is 4.79 Å². The molecule has 1 N–H and O–H groups in total. The molecule has 0 fully saturated rings. The maximum atomic E-state index is 12.1. The summed E-state index contributed by atoms with van der Waals surface area (Å²) >= 11 is 4.72. The molecule has 23 heavy (non-hydrogen) atoms. The molecule has 0 bridgehead atoms. The van der Waals surface area contributed by atoms with Crippen molar-refractivity contribution < 1.29 is 4.79 Å². The Morgan fingerprint density at radius 3 is 2.65 bits per heavy atom. The second-order valence-corrected chi connectivity index (χ2v) is 8.66. The number of amides is 1. The molecule has 0 spiro atoms. The standard InChI is InChI=1S/C16H21N3OS3/c1-4-9-21-15-18-19-16(23-15)22-10-14(20)17-12(3)13-8-6-5-7-11(13)2/h5-8,12H,4,9-10H2,1-3H3,(H,17,20)/t12-/m0/s1. The number of carbonyl (C=O) groups excluding carboxylic acids is 1. The quantitative estimate of drug-likeness (QED) is 0.704. The third-order valence-electron chi connectivity index (χ3n) is 3.18. The summed E-state index contributed by atoms with van der Waals surface area (Å²) in [7, 11) is 0. The number of hydrogen-bond donors (Lipinski definition) is 1. The fourth-order valence-corrected chi connectivity index (χ4v) is 4.82. The zero-order valence-electron chi connectivity index (χ0n) is 13.5. The van der Waals surface area contributed by atoms with E-state index in [1.165, 1.54) is 17.3 Å². The third-order valence-corrected chi connectivity index (χ3v) is 6.57. The first kappa shape index (κ1) is 18.3. The summed E-state index contributed by atoms with van der Waals surface area (Å²) < 4.78 is 1.82. The van der Waals surface area contributed by atoms with Crippen LogP contribution in [0.25, 0.3) is 0 Å². The lowest BCUT2D eigenvalue weighted by atomic mass is 10.0. The van der Waals surface area contributed by atoms with Gasteiger partial charge in [-0.2, -0.15) is 0 Å². The van der Waals surface area contributed by atoms with E-state index in [1.54, 1.807) is 23.1 Å². The summed E-state index contributed by atoms with van der Waals surface area (Å²) in [5.74, 6) is 1.43. The van der Waals surface area contributed by atoms with Gasteiger partial charge < -0.3 is 5.32 Å². The van der Waals surface area contributed by atoms with Crippen LogP contribution in [-0.4, -0.2) is 27.6 Å². The van der Waals surface area contributed by atoms with Crippen molar-refractivity contribution in [3.8, 4) is 0 Å². The summed E-state index contributed by atoms with van der Waals surface area (Å²) in [6.07, 6.45) is 1.12. The first-order valence-corrected chi connectivity index (χ1v) is 10.3. The van der Waals surface area contributed by atoms with Crippen molar-refractivity contribution in [2.24, 2.45) is 0 Å². The zero-order chi connectivity index (χ0) is 16.7. The molecule has 2 aromatic rings. The molecule has 0 aliphatic rings. The fraction of sp³-hybridized carbons (Fsp3) is 0.438. The van der Waals surface area contributed by atoms with Crippen LogP contribution in [0.3, 0.4) is 0 Å². The van der Waals surface area contributed by atoms with Crippen molar-refractivity contribution >= 4 is 40.8 Å². The Balaban J connectivity index is 1.81. The van der Waals surface area contributed by atoms with Gasteiger partial charge in [-0.25, -0.2) is 0 Å². The van der Waals surface area contributed by atoms with E-state index in [-0.39, 0.29) is 11.9 Å². The lowest BCUT2D eigenvalue weighted by Crippen LogP contribution is -2.28. The van der Waals surface area contributed by atoms with Gasteiger partial charge in [-0.05, 0) is 31.4 Å². The van der Waals surface area contributed by atoms with E-state index >= 15 is 0 Å². The Morgan fingerprint density at radius 1 is 1.26 bits per heavy atom. The molecule has 0 aliphatic carbocycles. The highest BCUT2D eigenvalue weighted by molar-refractivity contribution is 8.03. The van der Waals surface area contributed by atoms with E-state index in [2.05, 4.69) is 41.5 Å².